The molecule has 0 bridgehead atoms. The number of nitrogens with zero attached hydrogens (tertiary/aromatic N) is 1. The van der Waals surface area contributed by atoms with E-state index in [1.165, 1.54) is 12.4 Å². The van der Waals surface area contributed by atoms with Gasteiger partial charge in [0.25, 0.3) is 5.91 Å². The summed E-state index contributed by atoms with van der Waals surface area (Å²) >= 11 is 6.39. The van der Waals surface area contributed by atoms with E-state index < -0.39 is 0 Å². The van der Waals surface area contributed by atoms with Gasteiger partial charge in [-0.05, 0) is 30.0 Å². The number of carbonyl (C=O) groups excluding carboxylic acids is 1. The molecule has 106 valence electrons. The SMILES string of the molecule is Cc1c(N)cc(C(C)C)c(Cl)c1NC(=O)c1cn[nH]c1. The van der Waals surface area contributed by atoms with E-state index in [1.54, 1.807) is 0 Å². The van der Waals surface area contributed by atoms with E-state index in [0.29, 0.717) is 22.0 Å². The zero-order valence-corrected chi connectivity index (χ0v) is 12.4. The van der Waals surface area contributed by atoms with Crippen LogP contribution in [0, 0.1) is 6.92 Å². The van der Waals surface area contributed by atoms with Crippen molar-refractivity contribution in [2.24, 2.45) is 0 Å². The van der Waals surface area contributed by atoms with Crippen LogP contribution in [-0.2, 0) is 0 Å². The van der Waals surface area contributed by atoms with E-state index in [4.69, 9.17) is 17.3 Å². The molecule has 0 unspecified atom stereocenters. The van der Waals surface area contributed by atoms with Gasteiger partial charge in [-0.2, -0.15) is 5.10 Å². The fraction of sp³-hybridized carbons (Fsp3) is 0.286. The van der Waals surface area contributed by atoms with E-state index in [-0.39, 0.29) is 11.8 Å². The van der Waals surface area contributed by atoms with Crippen molar-refractivity contribution >= 4 is 28.9 Å². The second-order valence-electron chi connectivity index (χ2n) is 4.96. The molecule has 0 aliphatic rings. The van der Waals surface area contributed by atoms with Gasteiger partial charge in [0, 0.05) is 11.9 Å². The van der Waals surface area contributed by atoms with Gasteiger partial charge in [-0.3, -0.25) is 9.89 Å². The molecule has 1 heterocycles. The number of nitrogens with one attached hydrogen (secondary N) is 2. The third-order valence-corrected chi connectivity index (χ3v) is 3.62. The molecule has 6 heteroatoms. The van der Waals surface area contributed by atoms with Crippen LogP contribution in [0.4, 0.5) is 11.4 Å². The van der Waals surface area contributed by atoms with Crippen molar-refractivity contribution < 1.29 is 4.79 Å². The largest absolute Gasteiger partial charge is 0.398 e. The lowest BCUT2D eigenvalue weighted by Crippen LogP contribution is -2.14. The Labute approximate surface area is 122 Å². The zero-order chi connectivity index (χ0) is 14.9. The van der Waals surface area contributed by atoms with Crippen molar-refractivity contribution in [2.75, 3.05) is 11.1 Å². The van der Waals surface area contributed by atoms with Gasteiger partial charge in [0.05, 0.1) is 22.5 Å². The summed E-state index contributed by atoms with van der Waals surface area (Å²) in [5, 5.41) is 9.68. The fourth-order valence-electron chi connectivity index (χ4n) is 1.92. The number of aromatic amines is 1. The molecule has 4 N–H and O–H groups in total. The molecule has 0 atom stereocenters. The summed E-state index contributed by atoms with van der Waals surface area (Å²) in [6.45, 7) is 5.88. The maximum Gasteiger partial charge on any atom is 0.258 e. The highest BCUT2D eigenvalue weighted by Gasteiger charge is 2.17. The maximum absolute atomic E-state index is 12.1. The van der Waals surface area contributed by atoms with Crippen LogP contribution in [0.25, 0.3) is 0 Å². The van der Waals surface area contributed by atoms with Crippen LogP contribution in [0.5, 0.6) is 0 Å². The number of nitrogen functional groups attached to an aromatic ring is 1. The van der Waals surface area contributed by atoms with Crippen molar-refractivity contribution in [3.63, 3.8) is 0 Å². The molecule has 1 aromatic heterocycles. The topological polar surface area (TPSA) is 83.8 Å². The molecule has 0 saturated heterocycles. The highest BCUT2D eigenvalue weighted by molar-refractivity contribution is 6.35. The van der Waals surface area contributed by atoms with Gasteiger partial charge < -0.3 is 11.1 Å². The van der Waals surface area contributed by atoms with E-state index in [1.807, 2.05) is 26.8 Å². The first-order valence-corrected chi connectivity index (χ1v) is 6.68. The lowest BCUT2D eigenvalue weighted by atomic mass is 9.98. The molecule has 1 amide bonds. The molecule has 5 nitrogen and oxygen atoms in total. The van der Waals surface area contributed by atoms with Crippen molar-refractivity contribution in [1.82, 2.24) is 10.2 Å². The van der Waals surface area contributed by atoms with Gasteiger partial charge in [0.2, 0.25) is 0 Å². The fourth-order valence-corrected chi connectivity index (χ4v) is 2.38. The van der Waals surface area contributed by atoms with Crippen molar-refractivity contribution in [1.29, 1.82) is 0 Å². The molecule has 1 aromatic carbocycles. The lowest BCUT2D eigenvalue weighted by molar-refractivity contribution is 0.102. The highest BCUT2D eigenvalue weighted by Crippen LogP contribution is 2.37. The number of hydrogen-bond donors (Lipinski definition) is 3. The minimum atomic E-state index is -0.274. The van der Waals surface area contributed by atoms with Crippen LogP contribution in [0.15, 0.2) is 18.5 Å². The second-order valence-corrected chi connectivity index (χ2v) is 5.34. The van der Waals surface area contributed by atoms with E-state index in [0.717, 1.165) is 11.1 Å². The Kier molecular flexibility index (Phi) is 3.99. The lowest BCUT2D eigenvalue weighted by Gasteiger charge is -2.17. The van der Waals surface area contributed by atoms with Gasteiger partial charge in [-0.1, -0.05) is 25.4 Å². The first kappa shape index (κ1) is 14.4. The van der Waals surface area contributed by atoms with E-state index in [9.17, 15) is 4.79 Å². The van der Waals surface area contributed by atoms with Crippen LogP contribution in [-0.4, -0.2) is 16.1 Å². The molecule has 2 rings (SSSR count). The van der Waals surface area contributed by atoms with E-state index >= 15 is 0 Å². The minimum Gasteiger partial charge on any atom is -0.398 e. The maximum atomic E-state index is 12.1. The Morgan fingerprint density at radius 3 is 2.75 bits per heavy atom. The quantitative estimate of drug-likeness (QED) is 0.759. The number of anilines is 2. The Hall–Kier alpha value is -2.01. The Morgan fingerprint density at radius 2 is 2.20 bits per heavy atom. The van der Waals surface area contributed by atoms with Crippen LogP contribution in [0.2, 0.25) is 5.02 Å². The summed E-state index contributed by atoms with van der Waals surface area (Å²) in [6.07, 6.45) is 2.97. The Morgan fingerprint density at radius 1 is 1.50 bits per heavy atom. The summed E-state index contributed by atoms with van der Waals surface area (Å²) in [7, 11) is 0. The Balaban J connectivity index is 2.43. The highest BCUT2D eigenvalue weighted by atomic mass is 35.5. The Bertz CT molecular complexity index is 635. The second kappa shape index (κ2) is 5.54. The van der Waals surface area contributed by atoms with Crippen LogP contribution >= 0.6 is 11.6 Å². The summed E-state index contributed by atoms with van der Waals surface area (Å²) in [5.74, 6) is -0.0565. The number of carbonyl (C=O) groups is 1. The number of benzene rings is 1. The summed E-state index contributed by atoms with van der Waals surface area (Å²) in [5.41, 5.74) is 9.28. The molecule has 0 saturated carbocycles. The first-order valence-electron chi connectivity index (χ1n) is 6.30. The number of aromatic nitrogens is 2. The molecule has 0 radical (unpaired) electrons. The number of amides is 1. The number of rotatable bonds is 3. The minimum absolute atomic E-state index is 0.218. The predicted octanol–water partition coefficient (Wildman–Crippen LogP) is 3.33. The molecule has 0 fully saturated rings. The molecular weight excluding hydrogens is 276 g/mol. The third kappa shape index (κ3) is 2.63. The smallest absolute Gasteiger partial charge is 0.258 e. The van der Waals surface area contributed by atoms with Gasteiger partial charge in [-0.25, -0.2) is 0 Å². The average Bonchev–Trinajstić information content (AvgIpc) is 2.92. The number of hydrogen-bond acceptors (Lipinski definition) is 3. The van der Waals surface area contributed by atoms with Crippen molar-refractivity contribution in [2.45, 2.75) is 26.7 Å². The molecule has 0 aliphatic heterocycles. The standard InChI is InChI=1S/C14H17ClN4O/c1-7(2)10-4-11(16)8(3)13(12(10)15)19-14(20)9-5-17-18-6-9/h4-7H,16H2,1-3H3,(H,17,18)(H,19,20). The number of H-pyrrole nitrogens is 1. The zero-order valence-electron chi connectivity index (χ0n) is 11.6. The molecule has 2 aromatic rings. The van der Waals surface area contributed by atoms with Crippen LogP contribution in [0.3, 0.4) is 0 Å². The van der Waals surface area contributed by atoms with E-state index in [2.05, 4.69) is 15.5 Å². The van der Waals surface area contributed by atoms with Crippen LogP contribution < -0.4 is 11.1 Å². The van der Waals surface area contributed by atoms with Gasteiger partial charge >= 0.3 is 0 Å². The van der Waals surface area contributed by atoms with Crippen LogP contribution in [0.1, 0.15) is 41.3 Å². The van der Waals surface area contributed by atoms with Gasteiger partial charge in [0.15, 0.2) is 0 Å². The predicted molar refractivity (Wildman–Crippen MR) is 81.2 cm³/mol. The molecule has 0 aliphatic carbocycles. The summed E-state index contributed by atoms with van der Waals surface area (Å²) < 4.78 is 0. The summed E-state index contributed by atoms with van der Waals surface area (Å²) in [6, 6.07) is 1.86. The van der Waals surface area contributed by atoms with Gasteiger partial charge in [-0.15, -0.1) is 0 Å². The number of nitrogens with two attached hydrogens (primary N) is 1. The summed E-state index contributed by atoms with van der Waals surface area (Å²) in [4.78, 5) is 12.1. The third-order valence-electron chi connectivity index (χ3n) is 3.21. The van der Waals surface area contributed by atoms with Crippen molar-refractivity contribution in [3.8, 4) is 0 Å². The molecule has 0 spiro atoms. The normalized spacial score (nSPS) is 10.8. The first-order chi connectivity index (χ1) is 9.41. The monoisotopic (exact) mass is 292 g/mol. The average molecular weight is 293 g/mol. The number of halogens is 1. The molecular formula is C14H17ClN4O. The van der Waals surface area contributed by atoms with Crippen molar-refractivity contribution in [3.05, 3.63) is 40.2 Å². The molecule has 20 heavy (non-hydrogen) atoms. The van der Waals surface area contributed by atoms with Gasteiger partial charge in [0.1, 0.15) is 0 Å².